The van der Waals surface area contributed by atoms with Crippen molar-refractivity contribution in [1.82, 2.24) is 0 Å². The first-order valence-corrected chi connectivity index (χ1v) is 8.58. The van der Waals surface area contributed by atoms with Gasteiger partial charge >= 0.3 is 5.97 Å². The maximum Gasteiger partial charge on any atom is 0.313 e. The number of anilines is 1. The highest BCUT2D eigenvalue weighted by atomic mass is 32.2. The summed E-state index contributed by atoms with van der Waals surface area (Å²) in [6.07, 6.45) is 0. The van der Waals surface area contributed by atoms with Crippen LogP contribution >= 0.6 is 11.8 Å². The molecule has 1 aromatic carbocycles. The number of carbonyl (C=O) groups excluding carboxylic acids is 1. The summed E-state index contributed by atoms with van der Waals surface area (Å²) in [4.78, 5) is 22.0. The van der Waals surface area contributed by atoms with Crippen molar-refractivity contribution >= 4 is 39.2 Å². The van der Waals surface area contributed by atoms with Gasteiger partial charge < -0.3 is 10.4 Å². The van der Waals surface area contributed by atoms with Crippen LogP contribution in [-0.4, -0.2) is 42.7 Å². The summed E-state index contributed by atoms with van der Waals surface area (Å²) in [6, 6.07) is 5.86. The lowest BCUT2D eigenvalue weighted by Crippen LogP contribution is -2.15. The molecular weight excluding hydrogens is 302 g/mol. The molecule has 0 saturated heterocycles. The van der Waals surface area contributed by atoms with Gasteiger partial charge in [-0.25, -0.2) is 8.42 Å². The predicted molar refractivity (Wildman–Crippen MR) is 77.8 cm³/mol. The number of amides is 1. The Kier molecular flexibility index (Phi) is 6.03. The van der Waals surface area contributed by atoms with Gasteiger partial charge in [-0.3, -0.25) is 9.59 Å². The molecule has 1 rings (SSSR count). The molecule has 0 aliphatic carbocycles. The molecule has 8 heteroatoms. The lowest BCUT2D eigenvalue weighted by molar-refractivity contribution is -0.133. The van der Waals surface area contributed by atoms with Crippen molar-refractivity contribution in [3.8, 4) is 0 Å². The van der Waals surface area contributed by atoms with Crippen LogP contribution in [-0.2, 0) is 19.4 Å². The van der Waals surface area contributed by atoms with E-state index in [1.54, 1.807) is 6.92 Å². The minimum absolute atomic E-state index is 0.0184. The molecule has 1 aromatic rings. The van der Waals surface area contributed by atoms with Gasteiger partial charge in [0.05, 0.1) is 22.2 Å². The molecule has 2 N–H and O–H groups in total. The molecule has 0 fully saturated rings. The maximum absolute atomic E-state index is 11.6. The minimum atomic E-state index is -3.25. The first-order valence-electron chi connectivity index (χ1n) is 5.77. The van der Waals surface area contributed by atoms with Gasteiger partial charge in [0.1, 0.15) is 0 Å². The van der Waals surface area contributed by atoms with Gasteiger partial charge in [-0.15, -0.1) is 11.8 Å². The number of aliphatic carboxylic acids is 1. The van der Waals surface area contributed by atoms with Crippen molar-refractivity contribution < 1.29 is 23.1 Å². The minimum Gasteiger partial charge on any atom is -0.481 e. The Morgan fingerprint density at radius 1 is 1.20 bits per heavy atom. The molecule has 0 aliphatic rings. The van der Waals surface area contributed by atoms with Crippen LogP contribution in [0.5, 0.6) is 0 Å². The molecule has 20 heavy (non-hydrogen) atoms. The van der Waals surface area contributed by atoms with Gasteiger partial charge in [0.25, 0.3) is 0 Å². The average molecular weight is 317 g/mol. The molecule has 6 nitrogen and oxygen atoms in total. The molecule has 0 bridgehead atoms. The third kappa shape index (κ3) is 5.22. The highest BCUT2D eigenvalue weighted by molar-refractivity contribution is 8.00. The number of hydrogen-bond donors (Lipinski definition) is 2. The van der Waals surface area contributed by atoms with Crippen LogP contribution in [0.4, 0.5) is 5.69 Å². The molecular formula is C12H15NO5S2. The van der Waals surface area contributed by atoms with Crippen molar-refractivity contribution in [3.63, 3.8) is 0 Å². The number of sulfone groups is 1. The van der Waals surface area contributed by atoms with Gasteiger partial charge in [-0.2, -0.15) is 0 Å². The second kappa shape index (κ2) is 7.30. The largest absolute Gasteiger partial charge is 0.481 e. The number of nitrogens with one attached hydrogen (secondary N) is 1. The topological polar surface area (TPSA) is 101 Å². The fourth-order valence-electron chi connectivity index (χ4n) is 1.34. The summed E-state index contributed by atoms with van der Waals surface area (Å²) in [5.41, 5.74) is 0.473. The van der Waals surface area contributed by atoms with E-state index in [-0.39, 0.29) is 28.1 Å². The smallest absolute Gasteiger partial charge is 0.313 e. The zero-order valence-electron chi connectivity index (χ0n) is 10.8. The molecule has 0 heterocycles. The number of carbonyl (C=O) groups is 2. The summed E-state index contributed by atoms with van der Waals surface area (Å²) in [5.74, 6) is -1.40. The number of carboxylic acid groups (broad SMARTS) is 1. The van der Waals surface area contributed by atoms with Crippen LogP contribution in [0, 0.1) is 0 Å². The Balaban J connectivity index is 2.58. The van der Waals surface area contributed by atoms with Crippen LogP contribution < -0.4 is 5.32 Å². The molecule has 0 saturated carbocycles. The fraction of sp³-hybridized carbons (Fsp3) is 0.333. The monoisotopic (exact) mass is 317 g/mol. The first kappa shape index (κ1) is 16.5. The summed E-state index contributed by atoms with van der Waals surface area (Å²) in [5, 5.41) is 11.0. The standard InChI is InChI=1S/C12H15NO5S2/c1-2-20(17,18)10-5-3-9(4-6-10)13-11(14)7-19-8-12(15)16/h3-6H,2,7-8H2,1H3,(H,13,14)(H,15,16). The highest BCUT2D eigenvalue weighted by Crippen LogP contribution is 2.15. The van der Waals surface area contributed by atoms with Gasteiger partial charge in [-0.1, -0.05) is 6.92 Å². The van der Waals surface area contributed by atoms with Crippen LogP contribution in [0.3, 0.4) is 0 Å². The average Bonchev–Trinajstić information content (AvgIpc) is 2.39. The molecule has 0 spiro atoms. The van der Waals surface area contributed by atoms with E-state index in [2.05, 4.69) is 5.32 Å². The lowest BCUT2D eigenvalue weighted by atomic mass is 10.3. The molecule has 0 aliphatic heterocycles. The van der Waals surface area contributed by atoms with Gasteiger partial charge in [0.15, 0.2) is 9.84 Å². The van der Waals surface area contributed by atoms with E-state index in [4.69, 9.17) is 5.11 Å². The summed E-state index contributed by atoms with van der Waals surface area (Å²) < 4.78 is 23.2. The van der Waals surface area contributed by atoms with E-state index in [9.17, 15) is 18.0 Å². The number of hydrogen-bond acceptors (Lipinski definition) is 5. The third-order valence-corrected chi connectivity index (χ3v) is 5.00. The number of benzene rings is 1. The van der Waals surface area contributed by atoms with Gasteiger partial charge in [0.2, 0.25) is 5.91 Å². The maximum atomic E-state index is 11.6. The van der Waals surface area contributed by atoms with Crippen molar-refractivity contribution in [3.05, 3.63) is 24.3 Å². The van der Waals surface area contributed by atoms with Crippen molar-refractivity contribution in [2.24, 2.45) is 0 Å². The van der Waals surface area contributed by atoms with E-state index < -0.39 is 15.8 Å². The van der Waals surface area contributed by atoms with Crippen LogP contribution in [0.2, 0.25) is 0 Å². The summed E-state index contributed by atoms with van der Waals surface area (Å²) in [6.45, 7) is 1.56. The highest BCUT2D eigenvalue weighted by Gasteiger charge is 2.11. The van der Waals surface area contributed by atoms with E-state index in [0.29, 0.717) is 5.69 Å². The van der Waals surface area contributed by atoms with Crippen LogP contribution in [0.15, 0.2) is 29.2 Å². The van der Waals surface area contributed by atoms with Gasteiger partial charge in [0, 0.05) is 5.69 Å². The second-order valence-electron chi connectivity index (χ2n) is 3.86. The van der Waals surface area contributed by atoms with E-state index in [0.717, 1.165) is 11.8 Å². The zero-order valence-corrected chi connectivity index (χ0v) is 12.5. The Morgan fingerprint density at radius 3 is 2.30 bits per heavy atom. The molecule has 110 valence electrons. The first-order chi connectivity index (χ1) is 9.35. The molecule has 0 unspecified atom stereocenters. The fourth-order valence-corrected chi connectivity index (χ4v) is 2.76. The van der Waals surface area contributed by atoms with Crippen molar-refractivity contribution in [1.29, 1.82) is 0 Å². The Morgan fingerprint density at radius 2 is 1.80 bits per heavy atom. The van der Waals surface area contributed by atoms with E-state index >= 15 is 0 Å². The predicted octanol–water partition coefficient (Wildman–Crippen LogP) is 1.24. The zero-order chi connectivity index (χ0) is 15.2. The third-order valence-electron chi connectivity index (χ3n) is 2.34. The Hall–Kier alpha value is -1.54. The van der Waals surface area contributed by atoms with E-state index in [1.807, 2.05) is 0 Å². The Bertz CT molecular complexity index is 580. The molecule has 0 atom stereocenters. The lowest BCUT2D eigenvalue weighted by Gasteiger charge is -2.06. The van der Waals surface area contributed by atoms with Crippen LogP contribution in [0.1, 0.15) is 6.92 Å². The van der Waals surface area contributed by atoms with E-state index in [1.165, 1.54) is 24.3 Å². The number of rotatable bonds is 7. The van der Waals surface area contributed by atoms with Crippen molar-refractivity contribution in [2.45, 2.75) is 11.8 Å². The van der Waals surface area contributed by atoms with Gasteiger partial charge in [-0.05, 0) is 24.3 Å². The quantitative estimate of drug-likeness (QED) is 0.784. The molecule has 0 radical (unpaired) electrons. The molecule has 1 amide bonds. The normalized spacial score (nSPS) is 11.1. The van der Waals surface area contributed by atoms with Crippen LogP contribution in [0.25, 0.3) is 0 Å². The number of carboxylic acids is 1. The Labute approximate surface area is 121 Å². The summed E-state index contributed by atoms with van der Waals surface area (Å²) >= 11 is 0.992. The second-order valence-corrected chi connectivity index (χ2v) is 7.13. The molecule has 0 aromatic heterocycles. The number of thioether (sulfide) groups is 1. The SMILES string of the molecule is CCS(=O)(=O)c1ccc(NC(=O)CSCC(=O)O)cc1. The van der Waals surface area contributed by atoms with Crippen molar-refractivity contribution in [2.75, 3.05) is 22.6 Å². The summed E-state index contributed by atoms with van der Waals surface area (Å²) in [7, 11) is -3.25.